The number of carboxylic acids is 1. The minimum atomic E-state index is -1.30. The number of nitro groups is 1. The maximum atomic E-state index is 11.2. The van der Waals surface area contributed by atoms with Gasteiger partial charge in [0.15, 0.2) is 0 Å². The van der Waals surface area contributed by atoms with Gasteiger partial charge in [-0.25, -0.2) is 9.78 Å². The first-order valence-electron chi connectivity index (χ1n) is 7.19. The first kappa shape index (κ1) is 15.2. The molecule has 1 aliphatic rings. The minimum absolute atomic E-state index is 0.302. The fourth-order valence-electron chi connectivity index (χ4n) is 2.81. The van der Waals surface area contributed by atoms with Gasteiger partial charge in [-0.3, -0.25) is 10.1 Å². The van der Waals surface area contributed by atoms with E-state index in [-0.39, 0.29) is 5.56 Å². The van der Waals surface area contributed by atoms with E-state index in [1.807, 2.05) is 0 Å². The molecule has 0 aromatic carbocycles. The van der Waals surface area contributed by atoms with Crippen LogP contribution in [0, 0.1) is 10.1 Å². The largest absolute Gasteiger partial charge is 0.477 e. The molecule has 7 heteroatoms. The van der Waals surface area contributed by atoms with Crippen LogP contribution in [-0.2, 0) is 0 Å². The highest BCUT2D eigenvalue weighted by Gasteiger charge is 2.26. The molecule has 0 bridgehead atoms. The Bertz CT molecular complexity index is 547. The number of nitrogens with zero attached hydrogens (tertiary/aromatic N) is 3. The smallest absolute Gasteiger partial charge is 0.342 e. The van der Waals surface area contributed by atoms with Crippen molar-refractivity contribution in [2.24, 2.45) is 0 Å². The number of carboxylic acid groups (broad SMARTS) is 1. The van der Waals surface area contributed by atoms with E-state index in [9.17, 15) is 14.9 Å². The first-order chi connectivity index (χ1) is 10.0. The van der Waals surface area contributed by atoms with Gasteiger partial charge in [-0.1, -0.05) is 19.8 Å². The minimum Gasteiger partial charge on any atom is -0.477 e. The molecule has 7 nitrogen and oxygen atoms in total. The second-order valence-electron chi connectivity index (χ2n) is 5.23. The van der Waals surface area contributed by atoms with E-state index >= 15 is 0 Å². The maximum Gasteiger partial charge on any atom is 0.342 e. The molecule has 0 amide bonds. The molecule has 0 aliphatic carbocycles. The monoisotopic (exact) mass is 293 g/mol. The Morgan fingerprint density at radius 1 is 1.52 bits per heavy atom. The number of rotatable bonds is 4. The van der Waals surface area contributed by atoms with E-state index in [1.54, 1.807) is 0 Å². The van der Waals surface area contributed by atoms with Crippen molar-refractivity contribution in [3.8, 4) is 0 Å². The van der Waals surface area contributed by atoms with Crippen LogP contribution in [0.3, 0.4) is 0 Å². The summed E-state index contributed by atoms with van der Waals surface area (Å²) in [5, 5.41) is 20.0. The van der Waals surface area contributed by atoms with Crippen LogP contribution in [-0.4, -0.2) is 33.6 Å². The summed E-state index contributed by atoms with van der Waals surface area (Å²) in [6, 6.07) is 1.64. The first-order valence-corrected chi connectivity index (χ1v) is 7.19. The molecule has 2 heterocycles. The van der Waals surface area contributed by atoms with Gasteiger partial charge in [0.1, 0.15) is 17.6 Å². The van der Waals surface area contributed by atoms with Gasteiger partial charge < -0.3 is 10.0 Å². The Kier molecular flexibility index (Phi) is 4.72. The lowest BCUT2D eigenvalue weighted by atomic mass is 10.1. The summed E-state index contributed by atoms with van der Waals surface area (Å²) >= 11 is 0. The molecule has 1 N–H and O–H groups in total. The summed E-state index contributed by atoms with van der Waals surface area (Å²) in [5.74, 6) is -0.778. The second kappa shape index (κ2) is 6.51. The summed E-state index contributed by atoms with van der Waals surface area (Å²) in [7, 11) is 0. The van der Waals surface area contributed by atoms with Gasteiger partial charge in [0, 0.05) is 18.7 Å². The van der Waals surface area contributed by atoms with Crippen molar-refractivity contribution in [2.75, 3.05) is 11.4 Å². The SMILES string of the molecule is CCC1CCCCCN1c1cc(C(=O)O)c([N+](=O)[O-])cn1. The number of aromatic carboxylic acids is 1. The highest BCUT2D eigenvalue weighted by Crippen LogP contribution is 2.28. The number of anilines is 1. The molecule has 21 heavy (non-hydrogen) atoms. The van der Waals surface area contributed by atoms with Crippen molar-refractivity contribution in [3.05, 3.63) is 27.9 Å². The number of pyridine rings is 1. The molecular formula is C14H19N3O4. The van der Waals surface area contributed by atoms with Gasteiger partial charge >= 0.3 is 11.7 Å². The van der Waals surface area contributed by atoms with Crippen molar-refractivity contribution >= 4 is 17.5 Å². The van der Waals surface area contributed by atoms with Crippen molar-refractivity contribution in [2.45, 2.75) is 45.1 Å². The topological polar surface area (TPSA) is 96.6 Å². The lowest BCUT2D eigenvalue weighted by molar-refractivity contribution is -0.385. The third-order valence-corrected chi connectivity index (χ3v) is 3.94. The van der Waals surface area contributed by atoms with Crippen molar-refractivity contribution in [1.29, 1.82) is 0 Å². The molecule has 1 fully saturated rings. The fraction of sp³-hybridized carbons (Fsp3) is 0.571. The summed E-state index contributed by atoms with van der Waals surface area (Å²) in [4.78, 5) is 27.6. The highest BCUT2D eigenvalue weighted by molar-refractivity contribution is 5.93. The Labute approximate surface area is 122 Å². The zero-order valence-electron chi connectivity index (χ0n) is 12.0. The van der Waals surface area contributed by atoms with E-state index < -0.39 is 16.6 Å². The fourth-order valence-corrected chi connectivity index (χ4v) is 2.81. The van der Waals surface area contributed by atoms with Gasteiger partial charge in [0.2, 0.25) is 0 Å². The molecule has 0 radical (unpaired) electrons. The molecule has 1 aromatic rings. The molecule has 1 saturated heterocycles. The van der Waals surface area contributed by atoms with Gasteiger partial charge in [-0.15, -0.1) is 0 Å². The predicted octanol–water partition coefficient (Wildman–Crippen LogP) is 2.85. The van der Waals surface area contributed by atoms with Gasteiger partial charge in [-0.2, -0.15) is 0 Å². The Morgan fingerprint density at radius 2 is 2.29 bits per heavy atom. The molecule has 0 spiro atoms. The number of carbonyl (C=O) groups is 1. The van der Waals surface area contributed by atoms with Gasteiger partial charge in [0.25, 0.3) is 0 Å². The zero-order chi connectivity index (χ0) is 15.4. The average molecular weight is 293 g/mol. The average Bonchev–Trinajstić information content (AvgIpc) is 2.71. The molecular weight excluding hydrogens is 274 g/mol. The standard InChI is InChI=1S/C14H19N3O4/c1-2-10-6-4-3-5-7-16(10)13-8-11(14(18)19)12(9-15-13)17(20)21/h8-10H,2-7H2,1H3,(H,18,19). The van der Waals surface area contributed by atoms with Crippen LogP contribution < -0.4 is 4.90 Å². The van der Waals surface area contributed by atoms with Crippen LogP contribution >= 0.6 is 0 Å². The molecule has 1 atom stereocenters. The van der Waals surface area contributed by atoms with E-state index in [4.69, 9.17) is 5.11 Å². The summed E-state index contributed by atoms with van der Waals surface area (Å²) in [6.07, 6.45) is 6.35. The number of hydrogen-bond donors (Lipinski definition) is 1. The quantitative estimate of drug-likeness (QED) is 0.677. The van der Waals surface area contributed by atoms with E-state index in [0.717, 1.165) is 44.8 Å². The highest BCUT2D eigenvalue weighted by atomic mass is 16.6. The maximum absolute atomic E-state index is 11.2. The third-order valence-electron chi connectivity index (χ3n) is 3.94. The Hall–Kier alpha value is -2.18. The molecule has 1 unspecified atom stereocenters. The molecule has 1 aliphatic heterocycles. The van der Waals surface area contributed by atoms with Crippen molar-refractivity contribution in [1.82, 2.24) is 4.98 Å². The summed E-state index contributed by atoms with van der Waals surface area (Å²) < 4.78 is 0. The van der Waals surface area contributed by atoms with Gasteiger partial charge in [-0.05, 0) is 19.3 Å². The van der Waals surface area contributed by atoms with Crippen LogP contribution in [0.1, 0.15) is 49.4 Å². The number of aromatic nitrogens is 1. The van der Waals surface area contributed by atoms with E-state index in [2.05, 4.69) is 16.8 Å². The van der Waals surface area contributed by atoms with E-state index in [0.29, 0.717) is 11.9 Å². The van der Waals surface area contributed by atoms with Crippen LogP contribution in [0.2, 0.25) is 0 Å². The Morgan fingerprint density at radius 3 is 2.90 bits per heavy atom. The lowest BCUT2D eigenvalue weighted by Gasteiger charge is -2.30. The van der Waals surface area contributed by atoms with Gasteiger partial charge in [0.05, 0.1) is 4.92 Å². The predicted molar refractivity (Wildman–Crippen MR) is 77.7 cm³/mol. The van der Waals surface area contributed by atoms with Crippen LogP contribution in [0.15, 0.2) is 12.3 Å². The van der Waals surface area contributed by atoms with Crippen molar-refractivity contribution in [3.63, 3.8) is 0 Å². The normalized spacial score (nSPS) is 19.1. The third kappa shape index (κ3) is 3.29. The lowest BCUT2D eigenvalue weighted by Crippen LogP contribution is -2.35. The summed E-state index contributed by atoms with van der Waals surface area (Å²) in [5.41, 5.74) is -0.766. The molecule has 1 aromatic heterocycles. The van der Waals surface area contributed by atoms with E-state index in [1.165, 1.54) is 6.07 Å². The summed E-state index contributed by atoms with van der Waals surface area (Å²) in [6.45, 7) is 2.90. The second-order valence-corrected chi connectivity index (χ2v) is 5.23. The van der Waals surface area contributed by atoms with Crippen LogP contribution in [0.4, 0.5) is 11.5 Å². The molecule has 114 valence electrons. The molecule has 2 rings (SSSR count). The van der Waals surface area contributed by atoms with Crippen LogP contribution in [0.5, 0.6) is 0 Å². The zero-order valence-corrected chi connectivity index (χ0v) is 12.0. The van der Waals surface area contributed by atoms with Crippen molar-refractivity contribution < 1.29 is 14.8 Å². The molecule has 0 saturated carbocycles. The Balaban J connectivity index is 2.40. The number of hydrogen-bond acceptors (Lipinski definition) is 5. The van der Waals surface area contributed by atoms with Crippen LogP contribution in [0.25, 0.3) is 0 Å².